The summed E-state index contributed by atoms with van der Waals surface area (Å²) < 4.78 is 10.2. The maximum absolute atomic E-state index is 12.0. The summed E-state index contributed by atoms with van der Waals surface area (Å²) >= 11 is 0. The fourth-order valence-electron chi connectivity index (χ4n) is 1.92. The lowest BCUT2D eigenvalue weighted by Crippen LogP contribution is -2.30. The molecule has 120 valence electrons. The Labute approximate surface area is 135 Å². The molecule has 0 saturated heterocycles. The third kappa shape index (κ3) is 5.14. The van der Waals surface area contributed by atoms with Crippen molar-refractivity contribution < 1.29 is 19.1 Å². The third-order valence-electron chi connectivity index (χ3n) is 3.25. The van der Waals surface area contributed by atoms with E-state index in [1.165, 1.54) is 7.11 Å². The highest BCUT2D eigenvalue weighted by atomic mass is 16.5. The lowest BCUT2D eigenvalue weighted by atomic mass is 10.2. The van der Waals surface area contributed by atoms with E-state index in [1.807, 2.05) is 31.2 Å². The smallest absolute Gasteiger partial charge is 0.325 e. The number of benzene rings is 2. The quantitative estimate of drug-likeness (QED) is 0.832. The molecule has 0 atom stereocenters. The Hall–Kier alpha value is -2.82. The van der Waals surface area contributed by atoms with Gasteiger partial charge in [-0.2, -0.15) is 0 Å². The number of carbonyl (C=O) groups is 2. The molecule has 0 bridgehead atoms. The summed E-state index contributed by atoms with van der Waals surface area (Å²) in [6, 6.07) is 14.4. The van der Waals surface area contributed by atoms with Crippen molar-refractivity contribution in [2.45, 2.75) is 13.5 Å². The molecule has 0 fully saturated rings. The topological polar surface area (TPSA) is 64.6 Å². The van der Waals surface area contributed by atoms with E-state index in [1.54, 1.807) is 24.3 Å². The van der Waals surface area contributed by atoms with Gasteiger partial charge >= 0.3 is 5.97 Å². The van der Waals surface area contributed by atoms with Crippen molar-refractivity contribution in [1.82, 2.24) is 5.32 Å². The molecule has 2 aromatic carbocycles. The zero-order valence-corrected chi connectivity index (χ0v) is 13.2. The van der Waals surface area contributed by atoms with E-state index in [-0.39, 0.29) is 19.1 Å². The number of ether oxygens (including phenoxy) is 2. The fourth-order valence-corrected chi connectivity index (χ4v) is 1.92. The molecule has 23 heavy (non-hydrogen) atoms. The van der Waals surface area contributed by atoms with Crippen LogP contribution in [-0.2, 0) is 16.1 Å². The van der Waals surface area contributed by atoms with E-state index in [0.29, 0.717) is 11.3 Å². The Kier molecular flexibility index (Phi) is 5.74. The largest absolute Gasteiger partial charge is 0.497 e. The van der Waals surface area contributed by atoms with Crippen molar-refractivity contribution >= 4 is 11.9 Å². The second kappa shape index (κ2) is 7.98. The maximum atomic E-state index is 12.0. The van der Waals surface area contributed by atoms with E-state index in [4.69, 9.17) is 9.47 Å². The van der Waals surface area contributed by atoms with Crippen molar-refractivity contribution in [3.63, 3.8) is 0 Å². The van der Waals surface area contributed by atoms with Crippen molar-refractivity contribution in [2.75, 3.05) is 13.7 Å². The molecule has 0 aliphatic heterocycles. The van der Waals surface area contributed by atoms with Crippen LogP contribution in [0.2, 0.25) is 0 Å². The van der Waals surface area contributed by atoms with E-state index in [2.05, 4.69) is 5.32 Å². The van der Waals surface area contributed by atoms with Crippen molar-refractivity contribution in [2.24, 2.45) is 0 Å². The van der Waals surface area contributed by atoms with Gasteiger partial charge < -0.3 is 14.8 Å². The Balaban J connectivity index is 1.79. The molecule has 0 aliphatic rings. The zero-order chi connectivity index (χ0) is 16.7. The molecule has 0 radical (unpaired) electrons. The minimum Gasteiger partial charge on any atom is -0.497 e. The summed E-state index contributed by atoms with van der Waals surface area (Å²) in [4.78, 5) is 23.6. The van der Waals surface area contributed by atoms with Gasteiger partial charge in [0.1, 0.15) is 18.9 Å². The van der Waals surface area contributed by atoms with Gasteiger partial charge in [-0.25, -0.2) is 0 Å². The van der Waals surface area contributed by atoms with Gasteiger partial charge in [0.25, 0.3) is 5.91 Å². The van der Waals surface area contributed by atoms with Crippen molar-refractivity contribution in [3.8, 4) is 5.75 Å². The summed E-state index contributed by atoms with van der Waals surface area (Å²) in [5.74, 6) is -0.252. The maximum Gasteiger partial charge on any atom is 0.325 e. The lowest BCUT2D eigenvalue weighted by molar-refractivity contribution is -0.143. The predicted octanol–water partition coefficient (Wildman–Crippen LogP) is 2.48. The van der Waals surface area contributed by atoms with Crippen LogP contribution in [0, 0.1) is 6.92 Å². The summed E-state index contributed by atoms with van der Waals surface area (Å²) in [7, 11) is 1.53. The van der Waals surface area contributed by atoms with Crippen LogP contribution in [0.5, 0.6) is 5.75 Å². The van der Waals surface area contributed by atoms with Crippen LogP contribution in [0.15, 0.2) is 48.5 Å². The Morgan fingerprint density at radius 3 is 2.52 bits per heavy atom. The number of hydrogen-bond acceptors (Lipinski definition) is 4. The number of hydrogen-bond donors (Lipinski definition) is 1. The third-order valence-corrected chi connectivity index (χ3v) is 3.25. The Morgan fingerprint density at radius 1 is 1.09 bits per heavy atom. The molecule has 5 heteroatoms. The predicted molar refractivity (Wildman–Crippen MR) is 86.3 cm³/mol. The summed E-state index contributed by atoms with van der Waals surface area (Å²) in [6.07, 6.45) is 0. The standard InChI is InChI=1S/C18H19NO4/c1-13-6-8-14(9-7-13)12-23-17(20)11-19-18(21)15-4-3-5-16(10-15)22-2/h3-10H,11-12H2,1-2H3,(H,19,21). The van der Waals surface area contributed by atoms with Crippen molar-refractivity contribution in [1.29, 1.82) is 0 Å². The number of rotatable bonds is 6. The molecule has 5 nitrogen and oxygen atoms in total. The number of aryl methyl sites for hydroxylation is 1. The first-order chi connectivity index (χ1) is 11.1. The molecule has 0 heterocycles. The van der Waals surface area contributed by atoms with Crippen LogP contribution >= 0.6 is 0 Å². The molecule has 0 spiro atoms. The van der Waals surface area contributed by atoms with Crippen LogP contribution in [0.4, 0.5) is 0 Å². The van der Waals surface area contributed by atoms with Gasteiger partial charge in [-0.05, 0) is 30.7 Å². The number of methoxy groups -OCH3 is 1. The highest BCUT2D eigenvalue weighted by molar-refractivity contribution is 5.96. The Morgan fingerprint density at radius 2 is 1.83 bits per heavy atom. The van der Waals surface area contributed by atoms with Crippen LogP contribution in [0.1, 0.15) is 21.5 Å². The van der Waals surface area contributed by atoms with Gasteiger partial charge in [-0.15, -0.1) is 0 Å². The van der Waals surface area contributed by atoms with E-state index in [0.717, 1.165) is 11.1 Å². The molecule has 2 rings (SSSR count). The van der Waals surface area contributed by atoms with E-state index in [9.17, 15) is 9.59 Å². The van der Waals surface area contributed by atoms with Gasteiger partial charge in [0.2, 0.25) is 0 Å². The average Bonchev–Trinajstić information content (AvgIpc) is 2.59. The first-order valence-electron chi connectivity index (χ1n) is 7.22. The van der Waals surface area contributed by atoms with Crippen LogP contribution in [0.3, 0.4) is 0 Å². The fraction of sp³-hybridized carbons (Fsp3) is 0.222. The SMILES string of the molecule is COc1cccc(C(=O)NCC(=O)OCc2ccc(C)cc2)c1. The van der Waals surface area contributed by atoms with Crippen LogP contribution in [0.25, 0.3) is 0 Å². The molecule has 0 saturated carbocycles. The summed E-state index contributed by atoms with van der Waals surface area (Å²) in [5, 5.41) is 2.53. The molecule has 1 amide bonds. The van der Waals surface area contributed by atoms with Gasteiger partial charge in [0, 0.05) is 5.56 Å². The second-order valence-electron chi connectivity index (χ2n) is 5.06. The number of carbonyl (C=O) groups excluding carboxylic acids is 2. The monoisotopic (exact) mass is 313 g/mol. The van der Waals surface area contributed by atoms with Gasteiger partial charge in [-0.3, -0.25) is 9.59 Å². The number of amides is 1. The first kappa shape index (κ1) is 16.5. The minimum absolute atomic E-state index is 0.179. The highest BCUT2D eigenvalue weighted by Crippen LogP contribution is 2.12. The lowest BCUT2D eigenvalue weighted by Gasteiger charge is -2.08. The molecular formula is C18H19NO4. The van der Waals surface area contributed by atoms with E-state index >= 15 is 0 Å². The summed E-state index contributed by atoms with van der Waals surface area (Å²) in [5.41, 5.74) is 2.48. The van der Waals surface area contributed by atoms with Crippen LogP contribution < -0.4 is 10.1 Å². The zero-order valence-electron chi connectivity index (χ0n) is 13.2. The normalized spacial score (nSPS) is 10.0. The molecule has 0 unspecified atom stereocenters. The second-order valence-corrected chi connectivity index (χ2v) is 5.06. The molecule has 1 N–H and O–H groups in total. The molecule has 0 aromatic heterocycles. The van der Waals surface area contributed by atoms with Gasteiger partial charge in [0.15, 0.2) is 0 Å². The molecular weight excluding hydrogens is 294 g/mol. The van der Waals surface area contributed by atoms with Gasteiger partial charge in [0.05, 0.1) is 7.11 Å². The van der Waals surface area contributed by atoms with Crippen LogP contribution in [-0.4, -0.2) is 25.5 Å². The molecule has 2 aromatic rings. The summed E-state index contributed by atoms with van der Waals surface area (Å²) in [6.45, 7) is 2.00. The van der Waals surface area contributed by atoms with Gasteiger partial charge in [-0.1, -0.05) is 35.9 Å². The molecule has 0 aliphatic carbocycles. The minimum atomic E-state index is -0.484. The number of nitrogens with one attached hydrogen (secondary N) is 1. The average molecular weight is 313 g/mol. The number of esters is 1. The van der Waals surface area contributed by atoms with Crippen molar-refractivity contribution in [3.05, 3.63) is 65.2 Å². The highest BCUT2D eigenvalue weighted by Gasteiger charge is 2.09. The first-order valence-corrected chi connectivity index (χ1v) is 7.22. The van der Waals surface area contributed by atoms with E-state index < -0.39 is 5.97 Å². The Bertz CT molecular complexity index is 680.